The van der Waals surface area contributed by atoms with Crippen molar-refractivity contribution >= 4 is 27.3 Å². The number of halogens is 1. The summed E-state index contributed by atoms with van der Waals surface area (Å²) < 4.78 is 0. The van der Waals surface area contributed by atoms with Crippen molar-refractivity contribution in [1.82, 2.24) is 4.90 Å². The first-order chi connectivity index (χ1) is 7.25. The molecule has 2 heterocycles. The van der Waals surface area contributed by atoms with Crippen molar-refractivity contribution in [2.24, 2.45) is 5.92 Å². The van der Waals surface area contributed by atoms with Crippen molar-refractivity contribution < 1.29 is 0 Å². The summed E-state index contributed by atoms with van der Waals surface area (Å²) in [5.41, 5.74) is 0. The zero-order valence-electron chi connectivity index (χ0n) is 9.16. The molecule has 1 aromatic rings. The van der Waals surface area contributed by atoms with Gasteiger partial charge in [-0.25, -0.2) is 0 Å². The Morgan fingerprint density at radius 1 is 1.60 bits per heavy atom. The first kappa shape index (κ1) is 11.6. The topological polar surface area (TPSA) is 3.24 Å². The molecule has 1 aromatic heterocycles. The van der Waals surface area contributed by atoms with E-state index in [-0.39, 0.29) is 0 Å². The number of piperidine rings is 1. The third kappa shape index (κ3) is 3.30. The average molecular weight is 288 g/mol. The van der Waals surface area contributed by atoms with Crippen LogP contribution in [0.15, 0.2) is 17.5 Å². The van der Waals surface area contributed by atoms with E-state index in [1.807, 2.05) is 11.3 Å². The summed E-state index contributed by atoms with van der Waals surface area (Å²) in [4.78, 5) is 4.85. The zero-order valence-corrected chi connectivity index (χ0v) is 11.6. The number of likely N-dealkylation sites (tertiary alicyclic amines) is 1. The van der Waals surface area contributed by atoms with Crippen LogP contribution in [-0.4, -0.2) is 29.4 Å². The second-order valence-electron chi connectivity index (χ2n) is 4.41. The van der Waals surface area contributed by atoms with Gasteiger partial charge >= 0.3 is 0 Å². The van der Waals surface area contributed by atoms with Crippen molar-refractivity contribution in [3.8, 4) is 0 Å². The number of nitrogens with zero attached hydrogens (tertiary/aromatic N) is 1. The third-order valence-electron chi connectivity index (χ3n) is 3.14. The van der Waals surface area contributed by atoms with Gasteiger partial charge in [-0.15, -0.1) is 11.3 Å². The summed E-state index contributed by atoms with van der Waals surface area (Å²) >= 11 is 5.62. The molecule has 1 aliphatic rings. The van der Waals surface area contributed by atoms with Gasteiger partial charge in [0.15, 0.2) is 0 Å². The van der Waals surface area contributed by atoms with Crippen molar-refractivity contribution in [1.29, 1.82) is 0 Å². The lowest BCUT2D eigenvalue weighted by Gasteiger charge is -2.34. The normalized spacial score (nSPS) is 28.1. The van der Waals surface area contributed by atoms with Crippen LogP contribution < -0.4 is 0 Å². The summed E-state index contributed by atoms with van der Waals surface area (Å²) in [5.74, 6) is 0.794. The Morgan fingerprint density at radius 2 is 2.47 bits per heavy atom. The van der Waals surface area contributed by atoms with E-state index in [2.05, 4.69) is 45.3 Å². The van der Waals surface area contributed by atoms with Crippen LogP contribution >= 0.6 is 27.3 Å². The predicted octanol–water partition coefficient (Wildman–Crippen LogP) is 3.40. The lowest BCUT2D eigenvalue weighted by atomic mass is 10.00. The maximum absolute atomic E-state index is 3.75. The highest BCUT2D eigenvalue weighted by Crippen LogP contribution is 2.23. The third-order valence-corrected chi connectivity index (χ3v) is 5.44. The van der Waals surface area contributed by atoms with Crippen molar-refractivity contribution in [3.05, 3.63) is 22.4 Å². The molecule has 0 amide bonds. The first-order valence-electron chi connectivity index (χ1n) is 5.64. The molecule has 1 saturated heterocycles. The van der Waals surface area contributed by atoms with E-state index in [0.717, 1.165) is 10.7 Å². The minimum Gasteiger partial charge on any atom is -0.303 e. The molecular formula is C12H18BrNS. The number of alkyl halides is 1. The fourth-order valence-electron chi connectivity index (χ4n) is 2.13. The van der Waals surface area contributed by atoms with E-state index in [0.29, 0.717) is 0 Å². The van der Waals surface area contributed by atoms with E-state index in [1.165, 1.54) is 37.4 Å². The molecule has 0 N–H and O–H groups in total. The number of hydrogen-bond donors (Lipinski definition) is 0. The summed E-state index contributed by atoms with van der Waals surface area (Å²) in [7, 11) is 0. The fourth-order valence-corrected chi connectivity index (χ4v) is 3.20. The van der Waals surface area contributed by atoms with E-state index >= 15 is 0 Å². The Labute approximate surface area is 105 Å². The van der Waals surface area contributed by atoms with Gasteiger partial charge in [0.05, 0.1) is 0 Å². The van der Waals surface area contributed by atoms with Gasteiger partial charge in [-0.1, -0.05) is 28.9 Å². The molecule has 0 radical (unpaired) electrons. The molecule has 0 bridgehead atoms. The Kier molecular flexibility index (Phi) is 4.23. The van der Waals surface area contributed by atoms with Crippen molar-refractivity contribution in [2.75, 3.05) is 19.6 Å². The highest BCUT2D eigenvalue weighted by Gasteiger charge is 2.23. The van der Waals surface area contributed by atoms with E-state index in [1.54, 1.807) is 0 Å². The van der Waals surface area contributed by atoms with Gasteiger partial charge in [0, 0.05) is 22.8 Å². The highest BCUT2D eigenvalue weighted by molar-refractivity contribution is 9.09. The molecule has 84 valence electrons. The molecule has 0 aromatic carbocycles. The molecular weight excluding hydrogens is 270 g/mol. The fraction of sp³-hybridized carbons (Fsp3) is 0.667. The Bertz CT molecular complexity index is 286. The smallest absolute Gasteiger partial charge is 0.0195 e. The van der Waals surface area contributed by atoms with Gasteiger partial charge < -0.3 is 4.90 Å². The monoisotopic (exact) mass is 287 g/mol. The second kappa shape index (κ2) is 5.46. The number of thiophene rings is 1. The molecule has 1 aliphatic heterocycles. The molecule has 2 rings (SSSR count). The van der Waals surface area contributed by atoms with Gasteiger partial charge in [-0.3, -0.25) is 0 Å². The molecule has 3 heteroatoms. The lowest BCUT2D eigenvalue weighted by Crippen LogP contribution is -2.40. The quantitative estimate of drug-likeness (QED) is 0.771. The number of hydrogen-bond acceptors (Lipinski definition) is 2. The van der Waals surface area contributed by atoms with Crippen LogP contribution in [0.5, 0.6) is 0 Å². The van der Waals surface area contributed by atoms with Gasteiger partial charge in [-0.05, 0) is 36.8 Å². The lowest BCUT2D eigenvalue weighted by molar-refractivity contribution is 0.193. The Balaban J connectivity index is 1.76. The van der Waals surface area contributed by atoms with Crippen LogP contribution in [0.1, 0.15) is 18.2 Å². The number of rotatable bonds is 3. The standard InChI is InChI=1S/C12H18BrNS/c1-10-9-14(7-5-12(10)13)6-4-11-3-2-8-15-11/h2-3,8,10,12H,4-7,9H2,1H3. The van der Waals surface area contributed by atoms with Crippen LogP contribution in [0.2, 0.25) is 0 Å². The predicted molar refractivity (Wildman–Crippen MR) is 71.0 cm³/mol. The zero-order chi connectivity index (χ0) is 10.7. The van der Waals surface area contributed by atoms with Crippen LogP contribution in [0.4, 0.5) is 0 Å². The summed E-state index contributed by atoms with van der Waals surface area (Å²) in [6, 6.07) is 4.39. The first-order valence-corrected chi connectivity index (χ1v) is 7.44. The minimum absolute atomic E-state index is 0.732. The molecule has 2 atom stereocenters. The molecule has 0 aliphatic carbocycles. The van der Waals surface area contributed by atoms with Gasteiger partial charge in [-0.2, -0.15) is 0 Å². The van der Waals surface area contributed by atoms with Crippen LogP contribution in [0.3, 0.4) is 0 Å². The van der Waals surface area contributed by atoms with Gasteiger partial charge in [0.2, 0.25) is 0 Å². The Hall–Kier alpha value is 0.140. The van der Waals surface area contributed by atoms with Crippen molar-refractivity contribution in [3.63, 3.8) is 0 Å². The van der Waals surface area contributed by atoms with Crippen LogP contribution in [-0.2, 0) is 6.42 Å². The maximum Gasteiger partial charge on any atom is 0.0195 e. The molecule has 2 unspecified atom stereocenters. The Morgan fingerprint density at radius 3 is 3.13 bits per heavy atom. The molecule has 15 heavy (non-hydrogen) atoms. The highest BCUT2D eigenvalue weighted by atomic mass is 79.9. The minimum atomic E-state index is 0.732. The van der Waals surface area contributed by atoms with Crippen molar-refractivity contribution in [2.45, 2.75) is 24.6 Å². The second-order valence-corrected chi connectivity index (χ2v) is 6.62. The SMILES string of the molecule is CC1CN(CCc2cccs2)CCC1Br. The van der Waals surface area contributed by atoms with Gasteiger partial charge in [0.25, 0.3) is 0 Å². The van der Waals surface area contributed by atoms with Gasteiger partial charge in [0.1, 0.15) is 0 Å². The largest absolute Gasteiger partial charge is 0.303 e. The summed E-state index contributed by atoms with van der Waals surface area (Å²) in [6.07, 6.45) is 2.52. The van der Waals surface area contributed by atoms with Crippen LogP contribution in [0, 0.1) is 5.92 Å². The van der Waals surface area contributed by atoms with Crippen LogP contribution in [0.25, 0.3) is 0 Å². The van der Waals surface area contributed by atoms with E-state index in [9.17, 15) is 0 Å². The average Bonchev–Trinajstić information content (AvgIpc) is 2.73. The molecule has 0 spiro atoms. The molecule has 1 fully saturated rings. The molecule has 0 saturated carbocycles. The maximum atomic E-state index is 3.75. The van der Waals surface area contributed by atoms with E-state index < -0.39 is 0 Å². The molecule has 1 nitrogen and oxygen atoms in total. The summed E-state index contributed by atoms with van der Waals surface area (Å²) in [6.45, 7) is 6.08. The van der Waals surface area contributed by atoms with E-state index in [4.69, 9.17) is 0 Å². The summed E-state index contributed by atoms with van der Waals surface area (Å²) in [5, 5.41) is 2.17.